The van der Waals surface area contributed by atoms with E-state index in [0.29, 0.717) is 12.2 Å². The summed E-state index contributed by atoms with van der Waals surface area (Å²) in [4.78, 5) is 14.9. The molecule has 0 aliphatic carbocycles. The number of anilines is 2. The maximum absolute atomic E-state index is 12.5. The van der Waals surface area contributed by atoms with Gasteiger partial charge in [-0.1, -0.05) is 35.9 Å². The number of benzene rings is 2. The molecule has 0 aromatic heterocycles. The van der Waals surface area contributed by atoms with E-state index in [0.717, 1.165) is 48.9 Å². The molecule has 1 aliphatic heterocycles. The Morgan fingerprint density at radius 3 is 2.47 bits per heavy atom. The van der Waals surface area contributed by atoms with Crippen LogP contribution >= 0.6 is 0 Å². The van der Waals surface area contributed by atoms with Crippen LogP contribution in [0, 0.1) is 20.8 Å². The molecule has 3 rings (SSSR count). The Hall–Kier alpha value is -2.54. The first kappa shape index (κ1) is 22.2. The standard InChI is InChI=1S/C23H31N3O3S/c1-17-14-18(2)23(19(3)15-17)26(30(4,28)29)16-22(27)24-11-7-12-25-13-10-20-8-5-6-9-21(20)25/h5-6,8-9,14-15H,7,10-13,16H2,1-4H3,(H,24,27). The summed E-state index contributed by atoms with van der Waals surface area (Å²) in [6.07, 6.45) is 3.01. The summed E-state index contributed by atoms with van der Waals surface area (Å²) in [5.74, 6) is -0.290. The fourth-order valence-electron chi connectivity index (χ4n) is 4.25. The van der Waals surface area contributed by atoms with E-state index in [-0.39, 0.29) is 12.5 Å². The van der Waals surface area contributed by atoms with Crippen LogP contribution in [0.25, 0.3) is 0 Å². The lowest BCUT2D eigenvalue weighted by Gasteiger charge is -2.26. The highest BCUT2D eigenvalue weighted by Gasteiger charge is 2.24. The van der Waals surface area contributed by atoms with Crippen LogP contribution < -0.4 is 14.5 Å². The molecule has 1 heterocycles. The summed E-state index contributed by atoms with van der Waals surface area (Å²) in [7, 11) is -3.58. The van der Waals surface area contributed by atoms with Crippen LogP contribution in [-0.4, -0.2) is 46.8 Å². The molecule has 30 heavy (non-hydrogen) atoms. The van der Waals surface area contributed by atoms with Crippen molar-refractivity contribution in [2.75, 3.05) is 41.6 Å². The molecule has 0 spiro atoms. The maximum atomic E-state index is 12.5. The highest BCUT2D eigenvalue weighted by Crippen LogP contribution is 2.28. The van der Waals surface area contributed by atoms with Gasteiger partial charge in [0.15, 0.2) is 0 Å². The molecule has 162 valence electrons. The Morgan fingerprint density at radius 2 is 1.80 bits per heavy atom. The highest BCUT2D eigenvalue weighted by atomic mass is 32.2. The Labute approximate surface area is 179 Å². The van der Waals surface area contributed by atoms with Crippen molar-refractivity contribution in [2.24, 2.45) is 0 Å². The van der Waals surface area contributed by atoms with Gasteiger partial charge in [-0.25, -0.2) is 8.42 Å². The first-order valence-corrected chi connectivity index (χ1v) is 12.2. The number of nitrogens with zero attached hydrogens (tertiary/aromatic N) is 2. The van der Waals surface area contributed by atoms with Gasteiger partial charge in [0.05, 0.1) is 11.9 Å². The molecule has 0 radical (unpaired) electrons. The van der Waals surface area contributed by atoms with Gasteiger partial charge in [0.25, 0.3) is 0 Å². The summed E-state index contributed by atoms with van der Waals surface area (Å²) < 4.78 is 26.0. The first-order chi connectivity index (χ1) is 14.2. The van der Waals surface area contributed by atoms with Crippen molar-refractivity contribution in [1.82, 2.24) is 5.32 Å². The molecule has 1 N–H and O–H groups in total. The van der Waals surface area contributed by atoms with Gasteiger partial charge < -0.3 is 10.2 Å². The zero-order valence-electron chi connectivity index (χ0n) is 18.2. The lowest BCUT2D eigenvalue weighted by molar-refractivity contribution is -0.119. The van der Waals surface area contributed by atoms with Crippen LogP contribution in [0.1, 0.15) is 28.7 Å². The van der Waals surface area contributed by atoms with Gasteiger partial charge in [-0.2, -0.15) is 0 Å². The van der Waals surface area contributed by atoms with Crippen molar-refractivity contribution >= 4 is 27.3 Å². The van der Waals surface area contributed by atoms with Crippen molar-refractivity contribution in [3.63, 3.8) is 0 Å². The molecule has 0 fully saturated rings. The van der Waals surface area contributed by atoms with Crippen LogP contribution in [-0.2, 0) is 21.2 Å². The Balaban J connectivity index is 1.57. The molecule has 0 saturated carbocycles. The fourth-order valence-corrected chi connectivity index (χ4v) is 5.22. The van der Waals surface area contributed by atoms with Gasteiger partial charge in [-0.05, 0) is 56.4 Å². The van der Waals surface area contributed by atoms with E-state index in [9.17, 15) is 13.2 Å². The van der Waals surface area contributed by atoms with Crippen LogP contribution in [0.2, 0.25) is 0 Å². The van der Waals surface area contributed by atoms with E-state index in [1.165, 1.54) is 15.6 Å². The summed E-state index contributed by atoms with van der Waals surface area (Å²) >= 11 is 0. The normalized spacial score (nSPS) is 13.3. The van der Waals surface area contributed by atoms with Gasteiger partial charge in [0, 0.05) is 25.3 Å². The lowest BCUT2D eigenvalue weighted by atomic mass is 10.1. The number of aryl methyl sites for hydroxylation is 3. The Kier molecular flexibility index (Phi) is 6.71. The Morgan fingerprint density at radius 1 is 1.13 bits per heavy atom. The number of rotatable bonds is 8. The lowest BCUT2D eigenvalue weighted by Crippen LogP contribution is -2.41. The average Bonchev–Trinajstić information content (AvgIpc) is 3.06. The Bertz CT molecular complexity index is 1010. The van der Waals surface area contributed by atoms with Crippen molar-refractivity contribution in [1.29, 1.82) is 0 Å². The smallest absolute Gasteiger partial charge is 0.240 e. The summed E-state index contributed by atoms with van der Waals surface area (Å²) in [6, 6.07) is 12.3. The number of amides is 1. The summed E-state index contributed by atoms with van der Waals surface area (Å²) in [6.45, 7) is 7.89. The van der Waals surface area contributed by atoms with E-state index < -0.39 is 10.0 Å². The summed E-state index contributed by atoms with van der Waals surface area (Å²) in [5, 5.41) is 2.88. The maximum Gasteiger partial charge on any atom is 0.240 e. The fraction of sp³-hybridized carbons (Fsp3) is 0.435. The topological polar surface area (TPSA) is 69.7 Å². The van der Waals surface area contributed by atoms with E-state index in [2.05, 4.69) is 28.4 Å². The number of carbonyl (C=O) groups is 1. The SMILES string of the molecule is Cc1cc(C)c(N(CC(=O)NCCCN2CCc3ccccc32)S(C)(=O)=O)c(C)c1. The predicted octanol–water partition coefficient (Wildman–Crippen LogP) is 2.95. The zero-order chi connectivity index (χ0) is 21.9. The zero-order valence-corrected chi connectivity index (χ0v) is 19.1. The third-order valence-electron chi connectivity index (χ3n) is 5.48. The number of para-hydroxylation sites is 1. The third-order valence-corrected chi connectivity index (χ3v) is 6.60. The molecular formula is C23H31N3O3S. The average molecular weight is 430 g/mol. The number of carbonyl (C=O) groups excluding carboxylic acids is 1. The molecule has 1 aliphatic rings. The minimum absolute atomic E-state index is 0.212. The molecule has 2 aromatic carbocycles. The first-order valence-electron chi connectivity index (χ1n) is 10.3. The molecular weight excluding hydrogens is 398 g/mol. The summed E-state index contributed by atoms with van der Waals surface area (Å²) in [5.41, 5.74) is 5.99. The van der Waals surface area contributed by atoms with Crippen LogP contribution in [0.15, 0.2) is 36.4 Å². The molecule has 1 amide bonds. The van der Waals surface area contributed by atoms with Crippen molar-refractivity contribution in [2.45, 2.75) is 33.6 Å². The second kappa shape index (κ2) is 9.08. The largest absolute Gasteiger partial charge is 0.371 e. The van der Waals surface area contributed by atoms with Crippen molar-refractivity contribution in [3.05, 3.63) is 58.7 Å². The van der Waals surface area contributed by atoms with Gasteiger partial charge in [-0.3, -0.25) is 9.10 Å². The van der Waals surface area contributed by atoms with Crippen molar-refractivity contribution < 1.29 is 13.2 Å². The van der Waals surface area contributed by atoms with E-state index in [1.807, 2.05) is 39.0 Å². The van der Waals surface area contributed by atoms with Crippen LogP contribution in [0.3, 0.4) is 0 Å². The molecule has 2 aromatic rings. The van der Waals surface area contributed by atoms with E-state index >= 15 is 0 Å². The number of fused-ring (bicyclic) bond motifs is 1. The molecule has 0 unspecified atom stereocenters. The molecule has 0 atom stereocenters. The predicted molar refractivity (Wildman–Crippen MR) is 123 cm³/mol. The van der Waals surface area contributed by atoms with Crippen molar-refractivity contribution in [3.8, 4) is 0 Å². The number of sulfonamides is 1. The molecule has 6 nitrogen and oxygen atoms in total. The molecule has 7 heteroatoms. The monoisotopic (exact) mass is 429 g/mol. The quantitative estimate of drug-likeness (QED) is 0.655. The second-order valence-corrected chi connectivity index (χ2v) is 9.99. The third kappa shape index (κ3) is 5.14. The number of hydrogen-bond donors (Lipinski definition) is 1. The number of nitrogens with one attached hydrogen (secondary N) is 1. The van der Waals surface area contributed by atoms with Gasteiger partial charge in [-0.15, -0.1) is 0 Å². The van der Waals surface area contributed by atoms with Crippen LogP contribution in [0.5, 0.6) is 0 Å². The van der Waals surface area contributed by atoms with Crippen LogP contribution in [0.4, 0.5) is 11.4 Å². The van der Waals surface area contributed by atoms with Gasteiger partial charge in [0.2, 0.25) is 15.9 Å². The number of hydrogen-bond acceptors (Lipinski definition) is 4. The van der Waals surface area contributed by atoms with Gasteiger partial charge in [0.1, 0.15) is 6.54 Å². The highest BCUT2D eigenvalue weighted by molar-refractivity contribution is 7.92. The van der Waals surface area contributed by atoms with E-state index in [4.69, 9.17) is 0 Å². The molecule has 0 saturated heterocycles. The molecule has 0 bridgehead atoms. The van der Waals surface area contributed by atoms with Gasteiger partial charge >= 0.3 is 0 Å². The minimum Gasteiger partial charge on any atom is -0.371 e. The minimum atomic E-state index is -3.58. The van der Waals surface area contributed by atoms with E-state index in [1.54, 1.807) is 0 Å². The second-order valence-electron chi connectivity index (χ2n) is 8.09.